The van der Waals surface area contributed by atoms with Gasteiger partial charge in [0.2, 0.25) is 0 Å². The van der Waals surface area contributed by atoms with Crippen molar-refractivity contribution in [2.24, 2.45) is 0 Å². The fraction of sp³-hybridized carbons (Fsp3) is 0.316. The Morgan fingerprint density at radius 2 is 1.67 bits per heavy atom. The number of pyridine rings is 1. The van der Waals surface area contributed by atoms with Gasteiger partial charge >= 0.3 is 6.09 Å². The second-order valence-electron chi connectivity index (χ2n) is 6.61. The van der Waals surface area contributed by atoms with Crippen LogP contribution >= 0.6 is 0 Å². The smallest absolute Gasteiger partial charge is 0.411 e. The quantitative estimate of drug-likeness (QED) is 0.810. The molecule has 2 aromatic rings. The molecule has 0 aliphatic rings. The van der Waals surface area contributed by atoms with Crippen LogP contribution in [0.5, 0.6) is 0 Å². The third kappa shape index (κ3) is 5.62. The summed E-state index contributed by atoms with van der Waals surface area (Å²) in [6.07, 6.45) is 0.977. The second kappa shape index (κ2) is 8.77. The number of hydrogen-bond acceptors (Lipinski definition) is 5. The molecule has 0 saturated heterocycles. The molecule has 0 spiro atoms. The Labute approximate surface area is 161 Å². The summed E-state index contributed by atoms with van der Waals surface area (Å²) in [7, 11) is -1.44. The van der Waals surface area contributed by atoms with Gasteiger partial charge in [-0.3, -0.25) is 14.3 Å². The molecular formula is C19H23N3O4S. The summed E-state index contributed by atoms with van der Waals surface area (Å²) < 4.78 is 16.9. The summed E-state index contributed by atoms with van der Waals surface area (Å²) in [4.78, 5) is 28.2. The average Bonchev–Trinajstić information content (AvgIpc) is 2.62. The van der Waals surface area contributed by atoms with Gasteiger partial charge in [-0.25, -0.2) is 9.78 Å². The highest BCUT2D eigenvalue weighted by molar-refractivity contribution is 7.86. The molecule has 2 amide bonds. The molecule has 1 aromatic carbocycles. The highest BCUT2D eigenvalue weighted by Gasteiger charge is 2.26. The van der Waals surface area contributed by atoms with Crippen molar-refractivity contribution < 1.29 is 18.5 Å². The maximum Gasteiger partial charge on any atom is 0.411 e. The number of ether oxygens (including phenoxy) is 1. The summed E-state index contributed by atoms with van der Waals surface area (Å²) >= 11 is 0. The first kappa shape index (κ1) is 20.6. The minimum Gasteiger partial charge on any atom is -0.450 e. The van der Waals surface area contributed by atoms with Gasteiger partial charge in [0.05, 0.1) is 23.0 Å². The molecule has 0 aliphatic heterocycles. The van der Waals surface area contributed by atoms with Gasteiger partial charge in [-0.1, -0.05) is 0 Å². The fourth-order valence-corrected chi connectivity index (χ4v) is 3.22. The van der Waals surface area contributed by atoms with E-state index in [4.69, 9.17) is 4.74 Å². The molecule has 0 saturated carbocycles. The molecule has 8 heteroatoms. The van der Waals surface area contributed by atoms with Gasteiger partial charge < -0.3 is 10.1 Å². The van der Waals surface area contributed by atoms with E-state index < -0.39 is 27.5 Å². The standard InChI is InChI=1S/C19H23N3O4S/c1-5-26-18(24)22-14-10-8-13(9-11-14)21-16(23)15-7-6-12-20-17(15)27(25)19(2,3)4/h6-12H,5H2,1-4H3,(H,21,23)(H,22,24). The zero-order valence-electron chi connectivity index (χ0n) is 15.7. The lowest BCUT2D eigenvalue weighted by Crippen LogP contribution is -2.25. The van der Waals surface area contributed by atoms with Crippen LogP contribution in [0.15, 0.2) is 47.6 Å². The Balaban J connectivity index is 2.14. The highest BCUT2D eigenvalue weighted by Crippen LogP contribution is 2.23. The minimum absolute atomic E-state index is 0.253. The number of nitrogens with one attached hydrogen (secondary N) is 2. The van der Waals surface area contributed by atoms with Gasteiger partial charge in [0.15, 0.2) is 0 Å². The van der Waals surface area contributed by atoms with E-state index >= 15 is 0 Å². The molecule has 7 nitrogen and oxygen atoms in total. The molecule has 1 aromatic heterocycles. The summed E-state index contributed by atoms with van der Waals surface area (Å²) in [5, 5.41) is 5.58. The molecule has 0 radical (unpaired) electrons. The van der Waals surface area contributed by atoms with Crippen molar-refractivity contribution in [1.29, 1.82) is 0 Å². The van der Waals surface area contributed by atoms with E-state index in [2.05, 4.69) is 15.6 Å². The summed E-state index contributed by atoms with van der Waals surface area (Å²) in [6, 6.07) is 9.81. The third-order valence-electron chi connectivity index (χ3n) is 3.41. The number of aromatic nitrogens is 1. The van der Waals surface area contributed by atoms with Crippen LogP contribution in [0.2, 0.25) is 0 Å². The highest BCUT2D eigenvalue weighted by atomic mass is 32.2. The van der Waals surface area contributed by atoms with E-state index in [9.17, 15) is 13.8 Å². The molecule has 0 aliphatic carbocycles. The van der Waals surface area contributed by atoms with Crippen LogP contribution in [0.25, 0.3) is 0 Å². The van der Waals surface area contributed by atoms with E-state index in [1.54, 1.807) is 43.3 Å². The zero-order chi connectivity index (χ0) is 20.0. The van der Waals surface area contributed by atoms with Gasteiger partial charge in [-0.15, -0.1) is 0 Å². The monoisotopic (exact) mass is 389 g/mol. The van der Waals surface area contributed by atoms with Gasteiger partial charge in [-0.2, -0.15) is 0 Å². The molecule has 1 heterocycles. The molecule has 27 heavy (non-hydrogen) atoms. The number of anilines is 2. The molecule has 2 N–H and O–H groups in total. The molecule has 2 rings (SSSR count). The second-order valence-corrected chi connectivity index (χ2v) is 8.76. The summed E-state index contributed by atoms with van der Waals surface area (Å²) in [5.74, 6) is -0.401. The number of nitrogens with zero attached hydrogens (tertiary/aromatic N) is 1. The maximum atomic E-state index is 12.7. The van der Waals surface area contributed by atoms with Crippen LogP contribution in [0, 0.1) is 0 Å². The molecule has 1 unspecified atom stereocenters. The first-order chi connectivity index (χ1) is 12.7. The number of benzene rings is 1. The average molecular weight is 389 g/mol. The molecule has 0 bridgehead atoms. The number of rotatable bonds is 5. The number of carbonyl (C=O) groups excluding carboxylic acids is 2. The van der Waals surface area contributed by atoms with Crippen molar-refractivity contribution in [3.63, 3.8) is 0 Å². The molecule has 144 valence electrons. The molecular weight excluding hydrogens is 366 g/mol. The predicted molar refractivity (Wildman–Crippen MR) is 105 cm³/mol. The van der Waals surface area contributed by atoms with Crippen LogP contribution in [0.3, 0.4) is 0 Å². The van der Waals surface area contributed by atoms with Crippen molar-refractivity contribution in [2.45, 2.75) is 37.5 Å². The predicted octanol–water partition coefficient (Wildman–Crippen LogP) is 3.81. The van der Waals surface area contributed by atoms with E-state index in [1.807, 2.05) is 20.8 Å². The van der Waals surface area contributed by atoms with Gasteiger partial charge in [0, 0.05) is 22.3 Å². The fourth-order valence-electron chi connectivity index (χ4n) is 2.12. The van der Waals surface area contributed by atoms with E-state index in [1.165, 1.54) is 6.20 Å². The van der Waals surface area contributed by atoms with Gasteiger partial charge in [0.25, 0.3) is 5.91 Å². The first-order valence-electron chi connectivity index (χ1n) is 8.44. The van der Waals surface area contributed by atoms with Crippen molar-refractivity contribution in [3.05, 3.63) is 48.2 Å². The Morgan fingerprint density at radius 3 is 2.22 bits per heavy atom. The van der Waals surface area contributed by atoms with Crippen LogP contribution in [-0.4, -0.2) is 32.5 Å². The summed E-state index contributed by atoms with van der Waals surface area (Å²) in [5.41, 5.74) is 1.34. The van der Waals surface area contributed by atoms with Crippen LogP contribution < -0.4 is 10.6 Å². The largest absolute Gasteiger partial charge is 0.450 e. The minimum atomic E-state index is -1.44. The normalized spacial score (nSPS) is 12.1. The van der Waals surface area contributed by atoms with Gasteiger partial charge in [0.1, 0.15) is 5.03 Å². The van der Waals surface area contributed by atoms with E-state index in [0.717, 1.165) is 0 Å². The first-order valence-corrected chi connectivity index (χ1v) is 9.59. The lowest BCUT2D eigenvalue weighted by Gasteiger charge is -2.18. The molecule has 0 fully saturated rings. The van der Waals surface area contributed by atoms with Crippen molar-refractivity contribution in [1.82, 2.24) is 4.98 Å². The SMILES string of the molecule is CCOC(=O)Nc1ccc(NC(=O)c2cccnc2S(=O)C(C)(C)C)cc1. The number of hydrogen-bond donors (Lipinski definition) is 2. The van der Waals surface area contributed by atoms with Crippen molar-refractivity contribution in [3.8, 4) is 0 Å². The Morgan fingerprint density at radius 1 is 1.07 bits per heavy atom. The third-order valence-corrected chi connectivity index (χ3v) is 5.20. The topological polar surface area (TPSA) is 97.4 Å². The van der Waals surface area contributed by atoms with E-state index in [-0.39, 0.29) is 17.2 Å². The van der Waals surface area contributed by atoms with Crippen LogP contribution in [-0.2, 0) is 15.5 Å². The number of carbonyl (C=O) groups is 2. The lowest BCUT2D eigenvalue weighted by atomic mass is 10.2. The zero-order valence-corrected chi connectivity index (χ0v) is 16.6. The Bertz CT molecular complexity index is 845. The van der Waals surface area contributed by atoms with Crippen LogP contribution in [0.1, 0.15) is 38.1 Å². The van der Waals surface area contributed by atoms with Crippen LogP contribution in [0.4, 0.5) is 16.2 Å². The number of amides is 2. The maximum absolute atomic E-state index is 12.7. The van der Waals surface area contributed by atoms with Gasteiger partial charge in [-0.05, 0) is 64.1 Å². The van der Waals surface area contributed by atoms with Crippen molar-refractivity contribution in [2.75, 3.05) is 17.2 Å². The summed E-state index contributed by atoms with van der Waals surface area (Å²) in [6.45, 7) is 7.49. The van der Waals surface area contributed by atoms with Crippen molar-refractivity contribution >= 4 is 34.2 Å². The Hall–Kier alpha value is -2.74. The van der Waals surface area contributed by atoms with E-state index in [0.29, 0.717) is 11.4 Å². The molecule has 1 atom stereocenters. The Kier molecular flexibility index (Phi) is 6.68. The lowest BCUT2D eigenvalue weighted by molar-refractivity contribution is 0.102.